The van der Waals surface area contributed by atoms with Crippen molar-refractivity contribution in [2.24, 2.45) is 11.7 Å². The zero-order valence-electron chi connectivity index (χ0n) is 11.2. The Morgan fingerprint density at radius 2 is 2.16 bits per heavy atom. The van der Waals surface area contributed by atoms with Gasteiger partial charge in [0.05, 0.1) is 10.6 Å². The maximum absolute atomic E-state index is 12.4. The summed E-state index contributed by atoms with van der Waals surface area (Å²) in [6.07, 6.45) is 4.29. The third-order valence-corrected chi connectivity index (χ3v) is 7.30. The molecule has 0 radical (unpaired) electrons. The molecule has 3 N–H and O–H groups in total. The van der Waals surface area contributed by atoms with Crippen molar-refractivity contribution >= 4 is 27.2 Å². The Hall–Kier alpha value is -0.240. The van der Waals surface area contributed by atoms with Gasteiger partial charge in [-0.15, -0.1) is 0 Å². The minimum absolute atomic E-state index is 0.00415. The van der Waals surface area contributed by atoms with Crippen LogP contribution in [-0.2, 0) is 10.0 Å². The molecule has 1 saturated carbocycles. The van der Waals surface area contributed by atoms with Crippen LogP contribution in [0.15, 0.2) is 0 Å². The summed E-state index contributed by atoms with van der Waals surface area (Å²) in [6.45, 7) is 2.29. The molecule has 0 aromatic rings. The average molecular weight is 306 g/mol. The third kappa shape index (κ3) is 2.79. The Morgan fingerprint density at radius 1 is 1.47 bits per heavy atom. The van der Waals surface area contributed by atoms with Gasteiger partial charge in [0, 0.05) is 19.0 Å². The molecule has 1 saturated heterocycles. The highest BCUT2D eigenvalue weighted by atomic mass is 32.2. The molecular weight excluding hydrogens is 284 g/mol. The van der Waals surface area contributed by atoms with Crippen molar-refractivity contribution in [3.05, 3.63) is 0 Å². The minimum Gasteiger partial charge on any atom is -0.392 e. The van der Waals surface area contributed by atoms with Gasteiger partial charge in [-0.2, -0.15) is 0 Å². The number of aliphatic hydroxyl groups is 1. The standard InChI is InChI=1S/C12H22N2O3S2/c1-9(11(13)18)19(16,17)14-7-6-12(15)5-3-2-4-10(12)8-14/h9-10,15H,2-8H2,1H3,(H2,13,18). The van der Waals surface area contributed by atoms with E-state index in [1.165, 1.54) is 11.2 Å². The van der Waals surface area contributed by atoms with Gasteiger partial charge < -0.3 is 10.8 Å². The Bertz CT molecular complexity index is 466. The number of thiocarbonyl (C=S) groups is 1. The first-order valence-electron chi connectivity index (χ1n) is 6.78. The van der Waals surface area contributed by atoms with Crippen LogP contribution < -0.4 is 5.73 Å². The van der Waals surface area contributed by atoms with E-state index in [2.05, 4.69) is 0 Å². The fourth-order valence-electron chi connectivity index (χ4n) is 3.14. The number of nitrogens with two attached hydrogens (primary N) is 1. The number of hydrogen-bond acceptors (Lipinski definition) is 4. The second kappa shape index (κ2) is 5.27. The molecule has 0 aromatic heterocycles. The van der Waals surface area contributed by atoms with E-state index in [1.54, 1.807) is 0 Å². The molecule has 3 unspecified atom stereocenters. The predicted molar refractivity (Wildman–Crippen MR) is 78.3 cm³/mol. The highest BCUT2D eigenvalue weighted by molar-refractivity contribution is 7.92. The van der Waals surface area contributed by atoms with Crippen LogP contribution in [0.2, 0.25) is 0 Å². The van der Waals surface area contributed by atoms with E-state index in [4.69, 9.17) is 18.0 Å². The lowest BCUT2D eigenvalue weighted by atomic mass is 9.72. The van der Waals surface area contributed by atoms with Crippen LogP contribution in [0, 0.1) is 5.92 Å². The minimum atomic E-state index is -3.48. The van der Waals surface area contributed by atoms with Gasteiger partial charge in [-0.1, -0.05) is 25.1 Å². The van der Waals surface area contributed by atoms with Crippen molar-refractivity contribution in [1.29, 1.82) is 0 Å². The van der Waals surface area contributed by atoms with Crippen LogP contribution in [0.3, 0.4) is 0 Å². The number of nitrogens with zero attached hydrogens (tertiary/aromatic N) is 1. The molecule has 5 nitrogen and oxygen atoms in total. The summed E-state index contributed by atoms with van der Waals surface area (Å²) >= 11 is 4.80. The summed E-state index contributed by atoms with van der Waals surface area (Å²) in [5, 5.41) is 9.71. The van der Waals surface area contributed by atoms with Crippen LogP contribution in [0.1, 0.15) is 39.0 Å². The van der Waals surface area contributed by atoms with Gasteiger partial charge >= 0.3 is 0 Å². The monoisotopic (exact) mass is 306 g/mol. The maximum atomic E-state index is 12.4. The fraction of sp³-hybridized carbons (Fsp3) is 0.917. The van der Waals surface area contributed by atoms with Gasteiger partial charge in [0.2, 0.25) is 10.0 Å². The molecule has 1 aliphatic carbocycles. The van der Waals surface area contributed by atoms with Crippen LogP contribution in [-0.4, -0.2) is 46.8 Å². The first-order chi connectivity index (χ1) is 8.77. The van der Waals surface area contributed by atoms with E-state index < -0.39 is 20.9 Å². The number of piperidine rings is 1. The van der Waals surface area contributed by atoms with E-state index in [-0.39, 0.29) is 10.9 Å². The first kappa shape index (κ1) is 15.2. The Kier molecular flexibility index (Phi) is 4.21. The van der Waals surface area contributed by atoms with E-state index >= 15 is 0 Å². The molecule has 7 heteroatoms. The van der Waals surface area contributed by atoms with Crippen LogP contribution >= 0.6 is 12.2 Å². The third-order valence-electron chi connectivity index (χ3n) is 4.60. The Labute approximate surface area is 120 Å². The lowest BCUT2D eigenvalue weighted by Gasteiger charge is -2.47. The van der Waals surface area contributed by atoms with Crippen LogP contribution in [0.4, 0.5) is 0 Å². The van der Waals surface area contributed by atoms with E-state index in [1.807, 2.05) is 0 Å². The SMILES string of the molecule is CC(C(N)=S)S(=O)(=O)N1CCC2(O)CCCCC2C1. The summed E-state index contributed by atoms with van der Waals surface area (Å²) < 4.78 is 26.2. The largest absolute Gasteiger partial charge is 0.392 e. The van der Waals surface area contributed by atoms with Crippen molar-refractivity contribution in [3.8, 4) is 0 Å². The summed E-state index contributed by atoms with van der Waals surface area (Å²) in [4.78, 5) is 0.00415. The molecule has 3 atom stereocenters. The van der Waals surface area contributed by atoms with Crippen LogP contribution in [0.5, 0.6) is 0 Å². The molecule has 1 aliphatic heterocycles. The molecule has 0 aromatic carbocycles. The maximum Gasteiger partial charge on any atom is 0.223 e. The number of fused-ring (bicyclic) bond motifs is 1. The van der Waals surface area contributed by atoms with Crippen molar-refractivity contribution in [2.45, 2.75) is 49.9 Å². The normalized spacial score (nSPS) is 34.5. The van der Waals surface area contributed by atoms with Gasteiger partial charge in [0.1, 0.15) is 5.25 Å². The number of hydrogen-bond donors (Lipinski definition) is 2. The second-order valence-corrected chi connectivity index (χ2v) is 8.47. The summed E-state index contributed by atoms with van der Waals surface area (Å²) in [5.74, 6) is 0.0447. The Balaban J connectivity index is 2.15. The van der Waals surface area contributed by atoms with Gasteiger partial charge in [-0.25, -0.2) is 12.7 Å². The van der Waals surface area contributed by atoms with E-state index in [9.17, 15) is 13.5 Å². The molecule has 2 fully saturated rings. The zero-order valence-corrected chi connectivity index (χ0v) is 12.8. The summed E-state index contributed by atoms with van der Waals surface area (Å²) in [7, 11) is -3.48. The smallest absolute Gasteiger partial charge is 0.223 e. The van der Waals surface area contributed by atoms with Crippen molar-refractivity contribution in [2.75, 3.05) is 13.1 Å². The van der Waals surface area contributed by atoms with Crippen molar-refractivity contribution in [1.82, 2.24) is 4.31 Å². The highest BCUT2D eigenvalue weighted by Crippen LogP contribution is 2.40. The molecule has 0 bridgehead atoms. The molecule has 0 amide bonds. The molecular formula is C12H22N2O3S2. The zero-order chi connectivity index (χ0) is 14.3. The van der Waals surface area contributed by atoms with E-state index in [0.717, 1.165) is 25.7 Å². The topological polar surface area (TPSA) is 83.6 Å². The Morgan fingerprint density at radius 3 is 2.79 bits per heavy atom. The summed E-state index contributed by atoms with van der Waals surface area (Å²) in [6, 6.07) is 0. The second-order valence-electron chi connectivity index (χ2n) is 5.74. The van der Waals surface area contributed by atoms with Gasteiger partial charge in [0.25, 0.3) is 0 Å². The molecule has 0 spiro atoms. The predicted octanol–water partition coefficient (Wildman–Crippen LogP) is 0.618. The number of rotatable bonds is 3. The van der Waals surface area contributed by atoms with Crippen molar-refractivity contribution in [3.63, 3.8) is 0 Å². The summed E-state index contributed by atoms with van der Waals surface area (Å²) in [5.41, 5.74) is 4.79. The lowest BCUT2D eigenvalue weighted by Crippen LogP contribution is -2.56. The molecule has 2 aliphatic rings. The average Bonchev–Trinajstić information content (AvgIpc) is 2.36. The molecule has 2 rings (SSSR count). The first-order valence-corrected chi connectivity index (χ1v) is 8.69. The van der Waals surface area contributed by atoms with Gasteiger partial charge in [0.15, 0.2) is 0 Å². The van der Waals surface area contributed by atoms with Gasteiger partial charge in [-0.05, 0) is 26.2 Å². The highest BCUT2D eigenvalue weighted by Gasteiger charge is 2.46. The number of sulfonamides is 1. The fourth-order valence-corrected chi connectivity index (χ4v) is 4.98. The van der Waals surface area contributed by atoms with E-state index in [0.29, 0.717) is 19.5 Å². The molecule has 110 valence electrons. The van der Waals surface area contributed by atoms with Crippen molar-refractivity contribution < 1.29 is 13.5 Å². The molecule has 1 heterocycles. The quantitative estimate of drug-likeness (QED) is 0.747. The van der Waals surface area contributed by atoms with Crippen LogP contribution in [0.25, 0.3) is 0 Å². The lowest BCUT2D eigenvalue weighted by molar-refractivity contribution is -0.0817. The molecule has 19 heavy (non-hydrogen) atoms. The van der Waals surface area contributed by atoms with Gasteiger partial charge in [-0.3, -0.25) is 0 Å².